The number of halogens is 6. The molecule has 45 heavy (non-hydrogen) atoms. The summed E-state index contributed by atoms with van der Waals surface area (Å²) in [5, 5.41) is 0.847. The van der Waals surface area contributed by atoms with Crippen LogP contribution in [-0.4, -0.2) is 50.0 Å². The Labute approximate surface area is 334 Å². The van der Waals surface area contributed by atoms with Crippen molar-refractivity contribution in [3.63, 3.8) is 0 Å². The van der Waals surface area contributed by atoms with Gasteiger partial charge in [0.15, 0.2) is 0 Å². The summed E-state index contributed by atoms with van der Waals surface area (Å²) in [6.45, 7) is 2.97. The Morgan fingerprint density at radius 1 is 0.822 bits per heavy atom. The van der Waals surface area contributed by atoms with Crippen molar-refractivity contribution in [2.45, 2.75) is 32.6 Å². The molecule has 0 unspecified atom stereocenters. The number of imide groups is 1. The van der Waals surface area contributed by atoms with Gasteiger partial charge in [0.1, 0.15) is 0 Å². The number of benzene rings is 1. The average Bonchev–Trinajstić information content (AvgIpc) is 3.24. The number of alkyl halides is 1. The predicted molar refractivity (Wildman–Crippen MR) is 219 cm³/mol. The minimum absolute atomic E-state index is 0. The zero-order valence-corrected chi connectivity index (χ0v) is 37.8. The number of nitrogens with two attached hydrogens (primary N) is 3. The van der Waals surface area contributed by atoms with E-state index in [0.717, 1.165) is 44.7 Å². The van der Waals surface area contributed by atoms with Gasteiger partial charge in [0, 0.05) is 32.7 Å². The fourth-order valence-corrected chi connectivity index (χ4v) is 3.61. The summed E-state index contributed by atoms with van der Waals surface area (Å²) < 4.78 is 3.15. The topological polar surface area (TPSA) is 191 Å². The molecule has 0 radical (unpaired) electrons. The first kappa shape index (κ1) is 50.3. The number of carbonyl (C=O) groups excluding carboxylic acids is 2. The van der Waals surface area contributed by atoms with E-state index >= 15 is 0 Å². The van der Waals surface area contributed by atoms with Crippen molar-refractivity contribution in [3.05, 3.63) is 99.8 Å². The van der Waals surface area contributed by atoms with Gasteiger partial charge < -0.3 is 17.7 Å². The number of amides is 2. The van der Waals surface area contributed by atoms with Crippen LogP contribution in [0.5, 0.6) is 0 Å². The number of nitrogens with zero attached hydrogens (tertiary/aromatic N) is 3. The summed E-state index contributed by atoms with van der Waals surface area (Å²) in [6.07, 6.45) is 6.73. The van der Waals surface area contributed by atoms with Crippen LogP contribution in [0.25, 0.3) is 0 Å². The van der Waals surface area contributed by atoms with Crippen molar-refractivity contribution < 1.29 is 29.7 Å². The van der Waals surface area contributed by atoms with Gasteiger partial charge in [-0.2, -0.15) is 0 Å². The van der Waals surface area contributed by atoms with Gasteiger partial charge in [-0.15, -0.1) is 5.06 Å². The first-order valence-corrected chi connectivity index (χ1v) is 29.1. The molecule has 3 aromatic rings. The van der Waals surface area contributed by atoms with E-state index in [4.69, 9.17) is 10.7 Å². The number of aryl methyl sites for hydroxylation is 2. The number of hydrazine groups is 1. The molecule has 0 saturated heterocycles. The van der Waals surface area contributed by atoms with Crippen molar-refractivity contribution >= 4 is 126 Å². The molecule has 1 aliphatic rings. The van der Waals surface area contributed by atoms with Crippen LogP contribution in [0.3, 0.4) is 0 Å². The van der Waals surface area contributed by atoms with Gasteiger partial charge in [-0.05, 0) is 98.4 Å². The molecule has 2 aromatic heterocycles. The van der Waals surface area contributed by atoms with Crippen molar-refractivity contribution in [3.8, 4) is 0 Å². The minimum atomic E-state index is -0.401. The van der Waals surface area contributed by atoms with Gasteiger partial charge in [0.05, 0.1) is 24.3 Å². The number of rotatable bonds is 9. The van der Waals surface area contributed by atoms with E-state index in [2.05, 4.69) is 148 Å². The number of hydroxylamine groups is 2. The van der Waals surface area contributed by atoms with Gasteiger partial charge in [0.2, 0.25) is 0 Å². The fraction of sp³-hybridized carbons (Fsp3) is 0.296. The summed E-state index contributed by atoms with van der Waals surface area (Å²) in [5.41, 5.74) is 2.79. The second-order valence-corrected chi connectivity index (χ2v) is 46.5. The molecule has 2 amide bonds. The molecule has 0 spiro atoms. The molecule has 4 rings (SSSR count). The average molecular weight is 1250 g/mol. The van der Waals surface area contributed by atoms with Crippen LogP contribution >= 0.6 is 114 Å². The zero-order chi connectivity index (χ0) is 32.6. The van der Waals surface area contributed by atoms with Gasteiger partial charge in [-0.3, -0.25) is 36.1 Å². The van der Waals surface area contributed by atoms with Gasteiger partial charge in [-0.25, -0.2) is 5.90 Å². The van der Waals surface area contributed by atoms with Crippen LogP contribution < -0.4 is 17.6 Å². The second kappa shape index (κ2) is 32.1. The third-order valence-corrected chi connectivity index (χ3v) is 5.76. The number of hydrogen-bond donors (Lipinski definition) is 3. The predicted octanol–water partition coefficient (Wildman–Crippen LogP) is 7.21. The van der Waals surface area contributed by atoms with Crippen LogP contribution in [0.2, 0.25) is 0 Å². The molecule has 3 heterocycles. The van der Waals surface area contributed by atoms with Crippen molar-refractivity contribution in [2.24, 2.45) is 17.6 Å². The Kier molecular flexibility index (Phi) is 35.9. The Morgan fingerprint density at radius 3 is 1.53 bits per heavy atom. The summed E-state index contributed by atoms with van der Waals surface area (Å²) in [5.74, 6) is 12.1. The van der Waals surface area contributed by atoms with Crippen LogP contribution in [0.15, 0.2) is 69.9 Å². The number of carbonyl (C=O) groups is 2. The number of pyridine rings is 2. The third-order valence-electron chi connectivity index (χ3n) is 4.83. The molecular weight excluding hydrogens is 1210 g/mol. The van der Waals surface area contributed by atoms with Crippen LogP contribution in [-0.2, 0) is 27.4 Å². The number of aromatic nitrogens is 2. The quantitative estimate of drug-likeness (QED) is 0.0378. The van der Waals surface area contributed by atoms with Gasteiger partial charge >= 0.3 is 64.9 Å². The van der Waals surface area contributed by atoms with E-state index in [-0.39, 0.29) is 24.4 Å². The van der Waals surface area contributed by atoms with Crippen molar-refractivity contribution in [1.82, 2.24) is 15.0 Å². The third kappa shape index (κ3) is 23.0. The molecule has 18 heteroatoms. The molecule has 0 aliphatic carbocycles. The van der Waals surface area contributed by atoms with Gasteiger partial charge in [-0.1, -0.05) is 41.6 Å². The molecule has 1 aliphatic heterocycles. The summed E-state index contributed by atoms with van der Waals surface area (Å²) in [4.78, 5) is 42.1. The molecule has 11 nitrogen and oxygen atoms in total. The van der Waals surface area contributed by atoms with E-state index in [0.29, 0.717) is 24.2 Å². The molecule has 8 N–H and O–H groups in total. The SMILES string of the molecule is CCI.NN.NOCCCc1ccc(Br)cn1.O.O=C1c2ccccc2C(=O)N1OCCCc1ccc(Br)cn1.[CH3-].[I][V]([I])[I]. The molecule has 0 saturated carbocycles. The molecule has 0 fully saturated rings. The molecular formula is C27H38Br2I4N6O5V-. The van der Waals surface area contributed by atoms with Crippen molar-refractivity contribution in [2.75, 3.05) is 17.6 Å². The van der Waals surface area contributed by atoms with Crippen molar-refractivity contribution in [1.29, 1.82) is 0 Å². The fourth-order valence-electron chi connectivity index (χ4n) is 3.14. The second-order valence-electron chi connectivity index (χ2n) is 7.76. The number of fused-ring (bicyclic) bond motifs is 1. The van der Waals surface area contributed by atoms with Crippen LogP contribution in [0.4, 0.5) is 0 Å². The Bertz CT molecular complexity index is 1160. The summed E-state index contributed by atoms with van der Waals surface area (Å²) >= 11 is 16.3. The standard InChI is InChI=1S/C16H13BrN2O3.C8H11BrN2O.C2H5I.CH3.3HI.H4N2.H2O.V/c17-11-7-8-12(18-10-11)4-3-9-22-19-15(20)13-5-1-2-6-14(13)16(19)21;9-7-3-4-8(11-6-7)2-1-5-12-10;1-2-3;;;;;1-2;;/h1-2,5-8,10H,3-4,9H2;3-4,6H,1-2,5,10H2;2H2,1H3;1H3;3*1H;1-2H2;1H2;/q;;;-1;;;;;;+3/p-3. The maximum absolute atomic E-state index is 12.1. The Morgan fingerprint density at radius 2 is 1.20 bits per heavy atom. The van der Waals surface area contributed by atoms with Gasteiger partial charge in [0.25, 0.3) is 11.8 Å². The zero-order valence-electron chi connectivity index (χ0n) is 24.6. The molecule has 0 bridgehead atoms. The van der Waals surface area contributed by atoms with E-state index in [1.165, 1.54) is 4.43 Å². The Balaban J connectivity index is -0.000000651. The first-order chi connectivity index (χ1) is 20.6. The van der Waals surface area contributed by atoms with E-state index in [1.807, 2.05) is 24.3 Å². The first-order valence-electron chi connectivity index (χ1n) is 12.4. The van der Waals surface area contributed by atoms with Crippen LogP contribution in [0.1, 0.15) is 51.9 Å². The van der Waals surface area contributed by atoms with E-state index in [9.17, 15) is 9.59 Å². The molecule has 1 aromatic carbocycles. The monoisotopic (exact) mass is 1240 g/mol. The Hall–Kier alpha value is 0.884. The summed E-state index contributed by atoms with van der Waals surface area (Å²) in [6, 6.07) is 14.5. The van der Waals surface area contributed by atoms with E-state index < -0.39 is 11.8 Å². The molecule has 0 atom stereocenters. The maximum atomic E-state index is 12.1. The van der Waals surface area contributed by atoms with Crippen LogP contribution in [0, 0.1) is 7.43 Å². The van der Waals surface area contributed by atoms with E-state index in [1.54, 1.807) is 36.7 Å². The summed E-state index contributed by atoms with van der Waals surface area (Å²) in [7, 11) is 0. The molecule has 254 valence electrons. The number of hydrogen-bond acceptors (Lipinski definition) is 9. The normalized spacial score (nSPS) is 10.7.